The summed E-state index contributed by atoms with van der Waals surface area (Å²) in [4.78, 5) is 0. The van der Waals surface area contributed by atoms with Gasteiger partial charge in [0.25, 0.3) is 0 Å². The maximum Gasteiger partial charge on any atom is 0.133 e. The molecule has 1 aliphatic rings. The second-order valence-electron chi connectivity index (χ2n) is 8.76. The third-order valence-corrected chi connectivity index (χ3v) is 6.35. The Bertz CT molecular complexity index is 1050. The van der Waals surface area contributed by atoms with Crippen molar-refractivity contribution in [3.05, 3.63) is 131 Å². The fraction of sp³-hybridized carbons (Fsp3) is 0.267. The predicted octanol–water partition coefficient (Wildman–Crippen LogP) is 7.89. The molecule has 1 aliphatic carbocycles. The van der Waals surface area contributed by atoms with E-state index >= 15 is 4.39 Å². The molecule has 164 valence electrons. The van der Waals surface area contributed by atoms with E-state index in [1.807, 2.05) is 72.8 Å². The fourth-order valence-electron chi connectivity index (χ4n) is 4.18. The first-order valence-corrected chi connectivity index (χ1v) is 11.5. The van der Waals surface area contributed by atoms with E-state index in [4.69, 9.17) is 4.74 Å². The van der Waals surface area contributed by atoms with Crippen LogP contribution in [0.3, 0.4) is 0 Å². The molecule has 2 heteroatoms. The van der Waals surface area contributed by atoms with Crippen LogP contribution >= 0.6 is 0 Å². The largest absolute Gasteiger partial charge is 0.357 e. The van der Waals surface area contributed by atoms with Crippen LogP contribution in [-0.2, 0) is 23.4 Å². The molecule has 0 aliphatic heterocycles. The third kappa shape index (κ3) is 5.08. The quantitative estimate of drug-likeness (QED) is 0.333. The Morgan fingerprint density at radius 2 is 1.53 bits per heavy atom. The molecule has 0 spiro atoms. The van der Waals surface area contributed by atoms with Crippen LogP contribution in [0.5, 0.6) is 0 Å². The summed E-state index contributed by atoms with van der Waals surface area (Å²) in [5, 5.41) is 0. The van der Waals surface area contributed by atoms with Crippen molar-refractivity contribution in [2.45, 2.75) is 44.8 Å². The van der Waals surface area contributed by atoms with E-state index in [1.54, 1.807) is 6.08 Å². The maximum atomic E-state index is 15.5. The Labute approximate surface area is 191 Å². The van der Waals surface area contributed by atoms with Crippen molar-refractivity contribution < 1.29 is 9.13 Å². The molecule has 0 fully saturated rings. The number of allylic oxidation sites excluding steroid dienone is 2. The molecule has 0 amide bonds. The molecule has 32 heavy (non-hydrogen) atoms. The van der Waals surface area contributed by atoms with Crippen molar-refractivity contribution in [3.8, 4) is 0 Å². The normalized spacial score (nSPS) is 21.2. The average Bonchev–Trinajstić information content (AvgIpc) is 2.84. The minimum Gasteiger partial charge on any atom is -0.357 e. The van der Waals surface area contributed by atoms with Gasteiger partial charge in [0.15, 0.2) is 0 Å². The summed E-state index contributed by atoms with van der Waals surface area (Å²) >= 11 is 0. The minimum atomic E-state index is -0.930. The van der Waals surface area contributed by atoms with Crippen LogP contribution in [0.25, 0.3) is 0 Å². The molecule has 0 bridgehead atoms. The van der Waals surface area contributed by atoms with Crippen LogP contribution in [-0.4, -0.2) is 0 Å². The van der Waals surface area contributed by atoms with E-state index in [1.165, 1.54) is 5.56 Å². The van der Waals surface area contributed by atoms with E-state index in [-0.39, 0.29) is 11.7 Å². The first-order chi connectivity index (χ1) is 15.6. The van der Waals surface area contributed by atoms with E-state index in [0.29, 0.717) is 12.5 Å². The second-order valence-corrected chi connectivity index (χ2v) is 8.76. The molecule has 3 atom stereocenters. The molecule has 0 heterocycles. The highest BCUT2D eigenvalue weighted by Crippen LogP contribution is 2.41. The van der Waals surface area contributed by atoms with Gasteiger partial charge in [0.2, 0.25) is 0 Å². The van der Waals surface area contributed by atoms with Crippen molar-refractivity contribution in [2.75, 3.05) is 0 Å². The number of benzene rings is 3. The molecule has 0 radical (unpaired) electrons. The van der Waals surface area contributed by atoms with Gasteiger partial charge in [0, 0.05) is 0 Å². The minimum absolute atomic E-state index is 0.185. The highest BCUT2D eigenvalue weighted by Gasteiger charge is 2.34. The monoisotopic (exact) mass is 426 g/mol. The van der Waals surface area contributed by atoms with Gasteiger partial charge in [-0.2, -0.15) is 0 Å². The molecule has 3 aromatic carbocycles. The van der Waals surface area contributed by atoms with Crippen LogP contribution in [0.15, 0.2) is 109 Å². The lowest BCUT2D eigenvalue weighted by atomic mass is 9.82. The van der Waals surface area contributed by atoms with Gasteiger partial charge in [0.1, 0.15) is 11.4 Å². The Hall–Kier alpha value is -2.97. The lowest BCUT2D eigenvalue weighted by Gasteiger charge is -2.33. The van der Waals surface area contributed by atoms with Gasteiger partial charge in [-0.3, -0.25) is 0 Å². The van der Waals surface area contributed by atoms with Crippen LogP contribution in [0, 0.1) is 5.92 Å². The van der Waals surface area contributed by atoms with E-state index < -0.39 is 5.60 Å². The van der Waals surface area contributed by atoms with Gasteiger partial charge in [-0.15, -0.1) is 0 Å². The number of rotatable bonds is 8. The van der Waals surface area contributed by atoms with Crippen molar-refractivity contribution in [1.82, 2.24) is 0 Å². The van der Waals surface area contributed by atoms with Crippen LogP contribution in [0.1, 0.15) is 48.4 Å². The van der Waals surface area contributed by atoms with Gasteiger partial charge in [0.05, 0.1) is 12.5 Å². The van der Waals surface area contributed by atoms with E-state index in [0.717, 1.165) is 29.5 Å². The zero-order chi connectivity index (χ0) is 22.4. The molecule has 3 aromatic rings. The summed E-state index contributed by atoms with van der Waals surface area (Å²) in [5.41, 5.74) is 3.32. The lowest BCUT2D eigenvalue weighted by Crippen LogP contribution is -2.28. The van der Waals surface area contributed by atoms with Crippen molar-refractivity contribution in [2.24, 2.45) is 5.92 Å². The summed E-state index contributed by atoms with van der Waals surface area (Å²) in [5.74, 6) is 0.0764. The fourth-order valence-corrected chi connectivity index (χ4v) is 4.18. The smallest absolute Gasteiger partial charge is 0.133 e. The Morgan fingerprint density at radius 3 is 2.16 bits per heavy atom. The highest BCUT2D eigenvalue weighted by atomic mass is 19.1. The predicted molar refractivity (Wildman–Crippen MR) is 130 cm³/mol. The summed E-state index contributed by atoms with van der Waals surface area (Å²) in [7, 11) is 0. The molecule has 1 nitrogen and oxygen atoms in total. The first kappa shape index (κ1) is 22.2. The maximum absolute atomic E-state index is 15.5. The van der Waals surface area contributed by atoms with Crippen molar-refractivity contribution in [3.63, 3.8) is 0 Å². The van der Waals surface area contributed by atoms with E-state index in [2.05, 4.69) is 38.1 Å². The van der Waals surface area contributed by atoms with Gasteiger partial charge < -0.3 is 4.74 Å². The Balaban J connectivity index is 1.65. The molecule has 0 saturated heterocycles. The highest BCUT2D eigenvalue weighted by molar-refractivity contribution is 5.44. The summed E-state index contributed by atoms with van der Waals surface area (Å²) < 4.78 is 21.9. The SMILES string of the molecule is CCC(C)Cc1ccc(C2(OCc3ccccc3)C=CC(c3ccccc3)C(F)=C2)cc1. The van der Waals surface area contributed by atoms with Crippen molar-refractivity contribution in [1.29, 1.82) is 0 Å². The molecular weight excluding hydrogens is 395 g/mol. The lowest BCUT2D eigenvalue weighted by molar-refractivity contribution is 0.00860. The zero-order valence-electron chi connectivity index (χ0n) is 18.9. The van der Waals surface area contributed by atoms with E-state index in [9.17, 15) is 0 Å². The summed E-state index contributed by atoms with van der Waals surface area (Å²) in [6.45, 7) is 4.89. The number of ether oxygens (including phenoxy) is 1. The van der Waals surface area contributed by atoms with Crippen LogP contribution < -0.4 is 0 Å². The van der Waals surface area contributed by atoms with Gasteiger partial charge in [-0.25, -0.2) is 4.39 Å². The third-order valence-electron chi connectivity index (χ3n) is 6.35. The number of hydrogen-bond donors (Lipinski definition) is 0. The van der Waals surface area contributed by atoms with Crippen LogP contribution in [0.2, 0.25) is 0 Å². The van der Waals surface area contributed by atoms with Gasteiger partial charge >= 0.3 is 0 Å². The molecule has 0 saturated carbocycles. The molecule has 0 N–H and O–H groups in total. The summed E-state index contributed by atoms with van der Waals surface area (Å²) in [6.07, 6.45) is 7.80. The van der Waals surface area contributed by atoms with Gasteiger partial charge in [-0.1, -0.05) is 111 Å². The molecular formula is C30H31FO. The number of hydrogen-bond acceptors (Lipinski definition) is 1. The molecule has 0 aromatic heterocycles. The zero-order valence-corrected chi connectivity index (χ0v) is 18.9. The van der Waals surface area contributed by atoms with Crippen LogP contribution in [0.4, 0.5) is 4.39 Å². The summed E-state index contributed by atoms with van der Waals surface area (Å²) in [6, 6.07) is 28.3. The first-order valence-electron chi connectivity index (χ1n) is 11.5. The Kier molecular flexibility index (Phi) is 7.02. The molecule has 4 rings (SSSR count). The standard InChI is InChI=1S/C30H31FO/c1-3-23(2)20-24-14-16-27(17-15-24)30(32-22-25-10-6-4-7-11-25)19-18-28(29(31)21-30)26-12-8-5-9-13-26/h4-19,21,23,28H,3,20,22H2,1-2H3. The average molecular weight is 427 g/mol. The second kappa shape index (κ2) is 10.1. The number of halogens is 1. The van der Waals surface area contributed by atoms with Gasteiger partial charge in [-0.05, 0) is 46.7 Å². The Morgan fingerprint density at radius 1 is 0.875 bits per heavy atom. The molecule has 3 unspecified atom stereocenters. The topological polar surface area (TPSA) is 9.23 Å². The van der Waals surface area contributed by atoms with Crippen molar-refractivity contribution >= 4 is 0 Å².